The number of ether oxygens (including phenoxy) is 1. The van der Waals surface area contributed by atoms with Crippen LogP contribution in [0, 0.1) is 0 Å². The molecule has 1 unspecified atom stereocenters. The topological polar surface area (TPSA) is 129 Å². The van der Waals surface area contributed by atoms with E-state index >= 15 is 0 Å². The van der Waals surface area contributed by atoms with E-state index in [9.17, 15) is 23.1 Å². The molecule has 25 heavy (non-hydrogen) atoms. The number of aromatic amines is 1. The predicted molar refractivity (Wildman–Crippen MR) is 90.1 cm³/mol. The van der Waals surface area contributed by atoms with Crippen LogP contribution in [0.2, 0.25) is 0 Å². The Balaban J connectivity index is 1.76. The first-order valence-corrected chi connectivity index (χ1v) is 10.3. The van der Waals surface area contributed by atoms with Gasteiger partial charge in [0.2, 0.25) is 10.0 Å². The first-order chi connectivity index (χ1) is 11.8. The van der Waals surface area contributed by atoms with Crippen molar-refractivity contribution < 1.29 is 27.9 Å². The van der Waals surface area contributed by atoms with Crippen LogP contribution in [0.5, 0.6) is 0 Å². The smallest absolute Gasteiger partial charge is 0.331 e. The monoisotopic (exact) mass is 389 g/mol. The first kappa shape index (κ1) is 18.2. The highest BCUT2D eigenvalue weighted by molar-refractivity contribution is 7.99. The molecule has 3 rings (SSSR count). The van der Waals surface area contributed by atoms with Crippen molar-refractivity contribution in [3.05, 3.63) is 18.0 Å². The van der Waals surface area contributed by atoms with E-state index in [1.807, 2.05) is 0 Å². The molecule has 1 aromatic heterocycles. The standard InChI is InChI=1S/C14H19N3O6S2/c18-12(16-14(13(19)20)1-4-23-9-14)11-7-10(8-15-11)25(21,22)17-2-5-24-6-3-17/h7-8,15H,1-6,9H2,(H,16,18)(H,19,20). The highest BCUT2D eigenvalue weighted by atomic mass is 32.2. The van der Waals surface area contributed by atoms with E-state index in [0.29, 0.717) is 13.1 Å². The molecule has 2 fully saturated rings. The molecule has 11 heteroatoms. The van der Waals surface area contributed by atoms with Gasteiger partial charge in [0.25, 0.3) is 5.91 Å². The lowest BCUT2D eigenvalue weighted by Gasteiger charge is -2.25. The van der Waals surface area contributed by atoms with Gasteiger partial charge in [-0.1, -0.05) is 0 Å². The minimum absolute atomic E-state index is 0.00233. The van der Waals surface area contributed by atoms with Crippen LogP contribution in [0.1, 0.15) is 16.9 Å². The Labute approximate surface area is 149 Å². The molecule has 2 aliphatic heterocycles. The summed E-state index contributed by atoms with van der Waals surface area (Å²) >= 11 is 1.69. The van der Waals surface area contributed by atoms with Gasteiger partial charge in [-0.3, -0.25) is 4.79 Å². The van der Waals surface area contributed by atoms with E-state index in [1.54, 1.807) is 11.8 Å². The summed E-state index contributed by atoms with van der Waals surface area (Å²) in [5, 5.41) is 11.8. The van der Waals surface area contributed by atoms with Gasteiger partial charge in [0.15, 0.2) is 5.54 Å². The van der Waals surface area contributed by atoms with E-state index in [-0.39, 0.29) is 30.2 Å². The number of nitrogens with one attached hydrogen (secondary N) is 2. The number of carbonyl (C=O) groups excluding carboxylic acids is 1. The van der Waals surface area contributed by atoms with Crippen molar-refractivity contribution in [2.24, 2.45) is 0 Å². The Morgan fingerprint density at radius 3 is 2.68 bits per heavy atom. The van der Waals surface area contributed by atoms with Gasteiger partial charge in [-0.15, -0.1) is 0 Å². The van der Waals surface area contributed by atoms with E-state index in [4.69, 9.17) is 4.74 Å². The minimum Gasteiger partial charge on any atom is -0.479 e. The molecule has 2 aliphatic rings. The van der Waals surface area contributed by atoms with E-state index < -0.39 is 27.4 Å². The number of amides is 1. The fourth-order valence-corrected chi connectivity index (χ4v) is 5.33. The Hall–Kier alpha value is -1.56. The highest BCUT2D eigenvalue weighted by Gasteiger charge is 2.44. The maximum atomic E-state index is 12.6. The average molecular weight is 389 g/mol. The molecule has 3 N–H and O–H groups in total. The number of aliphatic carboxylic acids is 1. The van der Waals surface area contributed by atoms with Crippen molar-refractivity contribution in [1.29, 1.82) is 0 Å². The number of hydrogen-bond acceptors (Lipinski definition) is 6. The number of hydrogen-bond donors (Lipinski definition) is 3. The van der Waals surface area contributed by atoms with Gasteiger partial charge in [0.1, 0.15) is 10.6 Å². The molecule has 0 radical (unpaired) electrons. The Morgan fingerprint density at radius 2 is 2.08 bits per heavy atom. The van der Waals surface area contributed by atoms with Gasteiger partial charge in [0.05, 0.1) is 6.61 Å². The summed E-state index contributed by atoms with van der Waals surface area (Å²) in [6, 6.07) is 1.23. The van der Waals surface area contributed by atoms with E-state index in [0.717, 1.165) is 11.5 Å². The Morgan fingerprint density at radius 1 is 1.36 bits per heavy atom. The third kappa shape index (κ3) is 3.54. The third-order valence-corrected chi connectivity index (χ3v) is 7.11. The normalized spacial score (nSPS) is 25.0. The predicted octanol–water partition coefficient (Wildman–Crippen LogP) is -0.274. The zero-order valence-electron chi connectivity index (χ0n) is 13.4. The molecule has 1 atom stereocenters. The summed E-state index contributed by atoms with van der Waals surface area (Å²) in [5.41, 5.74) is -1.48. The Bertz CT molecular complexity index is 763. The number of rotatable bonds is 5. The molecule has 2 saturated heterocycles. The van der Waals surface area contributed by atoms with Crippen LogP contribution in [0.3, 0.4) is 0 Å². The zero-order chi connectivity index (χ0) is 18.1. The van der Waals surface area contributed by atoms with Gasteiger partial charge < -0.3 is 20.1 Å². The summed E-state index contributed by atoms with van der Waals surface area (Å²) in [4.78, 5) is 26.4. The number of thioether (sulfide) groups is 1. The molecule has 0 bridgehead atoms. The van der Waals surface area contributed by atoms with Crippen molar-refractivity contribution in [3.8, 4) is 0 Å². The minimum atomic E-state index is -3.67. The quantitative estimate of drug-likeness (QED) is 0.632. The number of carbonyl (C=O) groups is 2. The number of H-pyrrole nitrogens is 1. The maximum absolute atomic E-state index is 12.6. The lowest BCUT2D eigenvalue weighted by atomic mass is 9.99. The summed E-state index contributed by atoms with van der Waals surface area (Å²) in [6.45, 7) is 0.980. The second kappa shape index (κ2) is 6.98. The largest absolute Gasteiger partial charge is 0.479 e. The van der Waals surface area contributed by atoms with Gasteiger partial charge in [0, 0.05) is 43.8 Å². The van der Waals surface area contributed by atoms with Gasteiger partial charge >= 0.3 is 5.97 Å². The molecule has 138 valence electrons. The zero-order valence-corrected chi connectivity index (χ0v) is 15.0. The van der Waals surface area contributed by atoms with Crippen molar-refractivity contribution in [2.45, 2.75) is 16.9 Å². The fourth-order valence-electron chi connectivity index (χ4n) is 2.76. The molecule has 1 aromatic rings. The Kier molecular flexibility index (Phi) is 5.09. The van der Waals surface area contributed by atoms with E-state index in [1.165, 1.54) is 16.6 Å². The second-order valence-corrected chi connectivity index (χ2v) is 9.07. The fraction of sp³-hybridized carbons (Fsp3) is 0.571. The van der Waals surface area contributed by atoms with Crippen LogP contribution in [0.15, 0.2) is 17.2 Å². The van der Waals surface area contributed by atoms with Crippen molar-refractivity contribution in [3.63, 3.8) is 0 Å². The van der Waals surface area contributed by atoms with Crippen LogP contribution in [0.25, 0.3) is 0 Å². The summed E-state index contributed by atoms with van der Waals surface area (Å²) in [6.07, 6.45) is 1.41. The molecule has 0 spiro atoms. The molecular formula is C14H19N3O6S2. The maximum Gasteiger partial charge on any atom is 0.331 e. The van der Waals surface area contributed by atoms with Crippen molar-refractivity contribution in [2.75, 3.05) is 37.8 Å². The van der Waals surface area contributed by atoms with E-state index in [2.05, 4.69) is 10.3 Å². The molecule has 3 heterocycles. The van der Waals surface area contributed by atoms with Crippen molar-refractivity contribution >= 4 is 33.7 Å². The van der Waals surface area contributed by atoms with Crippen molar-refractivity contribution in [1.82, 2.24) is 14.6 Å². The number of sulfonamides is 1. The van der Waals surface area contributed by atoms with Gasteiger partial charge in [-0.2, -0.15) is 16.1 Å². The molecule has 0 saturated carbocycles. The van der Waals surface area contributed by atoms with Crippen LogP contribution in [-0.2, 0) is 19.6 Å². The molecule has 0 aromatic carbocycles. The van der Waals surface area contributed by atoms with Crippen LogP contribution >= 0.6 is 11.8 Å². The summed E-state index contributed by atoms with van der Waals surface area (Å²) in [7, 11) is -3.67. The number of carboxylic acid groups (broad SMARTS) is 1. The van der Waals surface area contributed by atoms with Gasteiger partial charge in [-0.05, 0) is 6.07 Å². The van der Waals surface area contributed by atoms with Crippen LogP contribution < -0.4 is 5.32 Å². The third-order valence-electron chi connectivity index (χ3n) is 4.29. The lowest BCUT2D eigenvalue weighted by Crippen LogP contribution is -2.55. The molecular weight excluding hydrogens is 370 g/mol. The summed E-state index contributed by atoms with van der Waals surface area (Å²) in [5.74, 6) is -0.386. The second-order valence-electron chi connectivity index (χ2n) is 5.91. The lowest BCUT2D eigenvalue weighted by molar-refractivity contribution is -0.144. The number of aromatic nitrogens is 1. The average Bonchev–Trinajstić information content (AvgIpc) is 3.26. The number of nitrogens with zero attached hydrogens (tertiary/aromatic N) is 1. The first-order valence-electron chi connectivity index (χ1n) is 7.75. The SMILES string of the molecule is O=C(NC1(C(=O)O)CCOC1)c1cc(S(=O)(=O)N2CCSCC2)c[nH]1. The summed E-state index contributed by atoms with van der Waals surface area (Å²) < 4.78 is 31.7. The number of carboxylic acids is 1. The highest BCUT2D eigenvalue weighted by Crippen LogP contribution is 2.22. The van der Waals surface area contributed by atoms with Crippen LogP contribution in [-0.4, -0.2) is 78.0 Å². The molecule has 1 amide bonds. The van der Waals surface area contributed by atoms with Gasteiger partial charge in [-0.25, -0.2) is 13.2 Å². The molecule has 9 nitrogen and oxygen atoms in total. The van der Waals surface area contributed by atoms with Crippen LogP contribution in [0.4, 0.5) is 0 Å². The molecule has 0 aliphatic carbocycles.